The molecule has 0 amide bonds. The fraction of sp³-hybridized carbons (Fsp3) is 0.333. The van der Waals surface area contributed by atoms with Crippen LogP contribution in [0.2, 0.25) is 0 Å². The molecule has 0 saturated heterocycles. The molecule has 0 saturated carbocycles. The molecule has 1 aromatic heterocycles. The molecule has 3 rings (SSSR count). The maximum absolute atomic E-state index is 13.6. The van der Waals surface area contributed by atoms with Crippen molar-refractivity contribution >= 4 is 22.1 Å². The van der Waals surface area contributed by atoms with Gasteiger partial charge in [0, 0.05) is 6.54 Å². The molecule has 0 unspecified atom stereocenters. The Bertz CT molecular complexity index is 1570. The summed E-state index contributed by atoms with van der Waals surface area (Å²) in [6.45, 7) is -0.242. The number of carbonyl (C=O) groups excluding carboxylic acids is 2. The van der Waals surface area contributed by atoms with Crippen LogP contribution in [0, 0.1) is 0 Å². The number of esters is 2. The Labute approximate surface area is 244 Å². The number of rotatable bonds is 12. The van der Waals surface area contributed by atoms with E-state index in [0.29, 0.717) is 11.3 Å². The third kappa shape index (κ3) is 6.58. The van der Waals surface area contributed by atoms with Crippen LogP contribution < -0.4 is 23.1 Å². The van der Waals surface area contributed by atoms with E-state index in [1.54, 1.807) is 24.3 Å². The molecule has 0 atom stereocenters. The van der Waals surface area contributed by atoms with Gasteiger partial charge >= 0.3 is 27.6 Å². The number of hydrogen-bond acceptors (Lipinski definition) is 11. The van der Waals surface area contributed by atoms with E-state index in [1.165, 1.54) is 40.6 Å². The zero-order valence-electron chi connectivity index (χ0n) is 23.9. The second kappa shape index (κ2) is 13.1. The third-order valence-electron chi connectivity index (χ3n) is 6.19. The lowest BCUT2D eigenvalue weighted by Crippen LogP contribution is -2.29. The number of alkyl halides is 3. The maximum Gasteiger partial charge on any atom is 0.534 e. The Morgan fingerprint density at radius 1 is 0.767 bits per heavy atom. The van der Waals surface area contributed by atoms with Crippen molar-refractivity contribution in [1.82, 2.24) is 4.57 Å². The number of halogens is 3. The zero-order chi connectivity index (χ0) is 32.1. The quantitative estimate of drug-likeness (QED) is 0.161. The highest BCUT2D eigenvalue weighted by Crippen LogP contribution is 2.47. The van der Waals surface area contributed by atoms with Crippen LogP contribution in [0.25, 0.3) is 11.1 Å². The number of methoxy groups -OCH3 is 6. The number of carbonyl (C=O) groups is 2. The number of benzene rings is 2. The zero-order valence-corrected chi connectivity index (χ0v) is 24.7. The largest absolute Gasteiger partial charge is 0.534 e. The molecule has 234 valence electrons. The predicted octanol–water partition coefficient (Wildman–Crippen LogP) is 4.23. The molecular formula is C27H28F3NO11S. The van der Waals surface area contributed by atoms with Gasteiger partial charge < -0.3 is 37.2 Å². The normalized spacial score (nSPS) is 11.5. The second-order valence-corrected chi connectivity index (χ2v) is 10.1. The highest BCUT2D eigenvalue weighted by atomic mass is 32.2. The number of ether oxygens (including phenoxy) is 6. The molecule has 0 fully saturated rings. The summed E-state index contributed by atoms with van der Waals surface area (Å²) in [5.74, 6) is -2.97. The van der Waals surface area contributed by atoms with Gasteiger partial charge in [0.1, 0.15) is 11.4 Å². The predicted molar refractivity (Wildman–Crippen MR) is 145 cm³/mol. The van der Waals surface area contributed by atoms with Crippen molar-refractivity contribution in [3.8, 4) is 39.9 Å². The molecule has 43 heavy (non-hydrogen) atoms. The molecule has 0 N–H and O–H groups in total. The van der Waals surface area contributed by atoms with E-state index in [1.807, 2.05) is 0 Å². The monoisotopic (exact) mass is 631 g/mol. The van der Waals surface area contributed by atoms with Gasteiger partial charge in [0.05, 0.1) is 48.2 Å². The van der Waals surface area contributed by atoms with Gasteiger partial charge in [0.2, 0.25) is 5.75 Å². The van der Waals surface area contributed by atoms with Crippen LogP contribution in [0.1, 0.15) is 26.5 Å². The second-order valence-electron chi connectivity index (χ2n) is 8.53. The van der Waals surface area contributed by atoms with Crippen molar-refractivity contribution < 1.29 is 63.8 Å². The minimum Gasteiger partial charge on any atom is -0.497 e. The molecule has 0 aliphatic rings. The number of aryl methyl sites for hydroxylation is 1. The molecule has 0 radical (unpaired) electrons. The lowest BCUT2D eigenvalue weighted by molar-refractivity contribution is -0.0500. The van der Waals surface area contributed by atoms with Gasteiger partial charge in [-0.3, -0.25) is 0 Å². The van der Waals surface area contributed by atoms with E-state index in [9.17, 15) is 31.2 Å². The number of aromatic nitrogens is 1. The summed E-state index contributed by atoms with van der Waals surface area (Å²) in [5, 5.41) is 0. The van der Waals surface area contributed by atoms with Crippen molar-refractivity contribution in [2.24, 2.45) is 0 Å². The summed E-state index contributed by atoms with van der Waals surface area (Å²) in [7, 11) is 0.827. The van der Waals surface area contributed by atoms with E-state index in [-0.39, 0.29) is 35.8 Å². The molecular weight excluding hydrogens is 603 g/mol. The van der Waals surface area contributed by atoms with Gasteiger partial charge in [0.25, 0.3) is 0 Å². The van der Waals surface area contributed by atoms with Crippen LogP contribution in [-0.4, -0.2) is 73.1 Å². The molecule has 0 spiro atoms. The average molecular weight is 632 g/mol. The van der Waals surface area contributed by atoms with Crippen molar-refractivity contribution in [1.29, 1.82) is 0 Å². The Morgan fingerprint density at radius 2 is 1.30 bits per heavy atom. The number of hydrogen-bond donors (Lipinski definition) is 0. The Balaban J connectivity index is 2.47. The van der Waals surface area contributed by atoms with Gasteiger partial charge in [-0.15, -0.1) is 0 Å². The standard InChI is InChI=1S/C27H28F3NO11S/c1-36-17-9-7-15(8-10-17)11-12-31-21(25(32)40-5)20(16-13-18(37-2)23(39-4)19(14-16)38-3)24(22(31)26(33)41-6)42-43(34,35)27(28,29)30/h7-10,13-14H,11-12H2,1-6H3. The van der Waals surface area contributed by atoms with Gasteiger partial charge in [-0.25, -0.2) is 9.59 Å². The minimum atomic E-state index is -6.37. The Morgan fingerprint density at radius 3 is 1.74 bits per heavy atom. The fourth-order valence-electron chi connectivity index (χ4n) is 4.19. The lowest BCUT2D eigenvalue weighted by Gasteiger charge is -2.16. The molecule has 0 aliphatic heterocycles. The summed E-state index contributed by atoms with van der Waals surface area (Å²) in [6, 6.07) is 9.13. The first-order valence-electron chi connectivity index (χ1n) is 12.2. The van der Waals surface area contributed by atoms with Gasteiger partial charge in [-0.05, 0) is 41.8 Å². The van der Waals surface area contributed by atoms with Crippen LogP contribution in [0.15, 0.2) is 36.4 Å². The first-order chi connectivity index (χ1) is 20.3. The third-order valence-corrected chi connectivity index (χ3v) is 7.14. The Hall–Kier alpha value is -4.60. The van der Waals surface area contributed by atoms with Crippen LogP contribution >= 0.6 is 0 Å². The lowest BCUT2D eigenvalue weighted by atomic mass is 10.0. The van der Waals surface area contributed by atoms with E-state index in [2.05, 4.69) is 4.18 Å². The van der Waals surface area contributed by atoms with Crippen molar-refractivity contribution in [3.63, 3.8) is 0 Å². The smallest absolute Gasteiger partial charge is 0.497 e. The fourth-order valence-corrected chi connectivity index (χ4v) is 4.67. The van der Waals surface area contributed by atoms with Crippen molar-refractivity contribution in [3.05, 3.63) is 53.3 Å². The summed E-state index contributed by atoms with van der Waals surface area (Å²) in [5.41, 5.74) is -7.24. The summed E-state index contributed by atoms with van der Waals surface area (Å²) < 4.78 is 102. The van der Waals surface area contributed by atoms with E-state index in [0.717, 1.165) is 18.8 Å². The minimum absolute atomic E-state index is 0.0112. The highest BCUT2D eigenvalue weighted by molar-refractivity contribution is 7.88. The van der Waals surface area contributed by atoms with Crippen LogP contribution in [0.4, 0.5) is 13.2 Å². The molecule has 3 aromatic rings. The summed E-state index contributed by atoms with van der Waals surface area (Å²) >= 11 is 0. The van der Waals surface area contributed by atoms with E-state index < -0.39 is 50.3 Å². The Kier molecular flexibility index (Phi) is 10.1. The molecule has 16 heteroatoms. The van der Waals surface area contributed by atoms with E-state index >= 15 is 0 Å². The van der Waals surface area contributed by atoms with Gasteiger partial charge in [-0.2, -0.15) is 21.6 Å². The first kappa shape index (κ1) is 32.9. The topological polar surface area (TPSA) is 138 Å². The SMILES string of the molecule is COC(=O)c1c(OS(=O)(=O)C(F)(F)F)c(-c2cc(OC)c(OC)c(OC)c2)c(C(=O)OC)n1CCc1ccc(OC)cc1. The maximum atomic E-state index is 13.6. The van der Waals surface area contributed by atoms with Crippen LogP contribution in [0.3, 0.4) is 0 Å². The van der Waals surface area contributed by atoms with Crippen LogP contribution in [0.5, 0.6) is 28.7 Å². The van der Waals surface area contributed by atoms with Crippen molar-refractivity contribution in [2.75, 3.05) is 42.7 Å². The molecule has 12 nitrogen and oxygen atoms in total. The molecule has 2 aromatic carbocycles. The molecule has 0 aliphatic carbocycles. The van der Waals surface area contributed by atoms with Crippen LogP contribution in [-0.2, 0) is 32.6 Å². The summed E-state index contributed by atoms with van der Waals surface area (Å²) in [4.78, 5) is 26.4. The summed E-state index contributed by atoms with van der Waals surface area (Å²) in [6.07, 6.45) is 0.104. The van der Waals surface area contributed by atoms with Gasteiger partial charge in [-0.1, -0.05) is 12.1 Å². The molecule has 1 heterocycles. The van der Waals surface area contributed by atoms with Crippen molar-refractivity contribution in [2.45, 2.75) is 18.5 Å². The number of nitrogens with zero attached hydrogens (tertiary/aromatic N) is 1. The first-order valence-corrected chi connectivity index (χ1v) is 13.6. The average Bonchev–Trinajstić information content (AvgIpc) is 3.30. The highest BCUT2D eigenvalue weighted by Gasteiger charge is 2.50. The van der Waals surface area contributed by atoms with E-state index in [4.69, 9.17) is 28.4 Å². The van der Waals surface area contributed by atoms with Gasteiger partial charge in [0.15, 0.2) is 22.9 Å². The molecule has 0 bridgehead atoms.